The first-order chi connectivity index (χ1) is 13.7. The van der Waals surface area contributed by atoms with Gasteiger partial charge < -0.3 is 5.11 Å². The quantitative estimate of drug-likeness (QED) is 0.478. The van der Waals surface area contributed by atoms with Gasteiger partial charge in [-0.2, -0.15) is 0 Å². The van der Waals surface area contributed by atoms with Crippen LogP contribution >= 0.6 is 0 Å². The van der Waals surface area contributed by atoms with E-state index in [9.17, 15) is 9.90 Å². The normalized spacial score (nSPS) is 28.2. The predicted molar refractivity (Wildman–Crippen MR) is 117 cm³/mol. The van der Waals surface area contributed by atoms with E-state index in [-0.39, 0.29) is 0 Å². The summed E-state index contributed by atoms with van der Waals surface area (Å²) in [5, 5.41) is 9.35. The van der Waals surface area contributed by atoms with Crippen molar-refractivity contribution >= 4 is 5.97 Å². The molecule has 0 radical (unpaired) electrons. The molecule has 1 aromatic carbocycles. The number of aryl methyl sites for hydroxylation is 1. The molecule has 2 aliphatic carbocycles. The van der Waals surface area contributed by atoms with Gasteiger partial charge in [-0.3, -0.25) is 0 Å². The third-order valence-electron chi connectivity index (χ3n) is 7.68. The number of hydrogen-bond donors (Lipinski definition) is 1. The lowest BCUT2D eigenvalue weighted by Crippen LogP contribution is -2.18. The number of aromatic carboxylic acids is 1. The molecule has 0 bridgehead atoms. The number of carboxylic acid groups (broad SMARTS) is 1. The van der Waals surface area contributed by atoms with Gasteiger partial charge in [-0.15, -0.1) is 0 Å². The molecule has 0 spiro atoms. The Morgan fingerprint density at radius 2 is 1.25 bits per heavy atom. The van der Waals surface area contributed by atoms with E-state index in [0.29, 0.717) is 5.56 Å². The molecular weight excluding hydrogens is 344 g/mol. The van der Waals surface area contributed by atoms with Crippen LogP contribution in [0.5, 0.6) is 0 Å². The summed E-state index contributed by atoms with van der Waals surface area (Å²) in [6, 6.07) is 7.53. The molecule has 2 heteroatoms. The molecule has 0 unspecified atom stereocenters. The zero-order valence-corrected chi connectivity index (χ0v) is 17.9. The molecule has 0 aliphatic heterocycles. The van der Waals surface area contributed by atoms with Gasteiger partial charge in [0, 0.05) is 0 Å². The maximum absolute atomic E-state index is 11.4. The molecule has 156 valence electrons. The Morgan fingerprint density at radius 1 is 0.786 bits per heavy atom. The Labute approximate surface area is 172 Å². The maximum atomic E-state index is 11.4. The smallest absolute Gasteiger partial charge is 0.335 e. The highest BCUT2D eigenvalue weighted by Gasteiger charge is 2.24. The Bertz CT molecular complexity index is 592. The minimum atomic E-state index is -0.789. The first-order valence-electron chi connectivity index (χ1n) is 12.0. The number of carbonyl (C=O) groups is 1. The zero-order valence-electron chi connectivity index (χ0n) is 17.9. The van der Waals surface area contributed by atoms with Crippen molar-refractivity contribution in [3.8, 4) is 0 Å². The van der Waals surface area contributed by atoms with Crippen LogP contribution in [-0.2, 0) is 6.42 Å². The summed E-state index contributed by atoms with van der Waals surface area (Å²) < 4.78 is 0. The number of benzene rings is 1. The average Bonchev–Trinajstić information content (AvgIpc) is 2.73. The van der Waals surface area contributed by atoms with Gasteiger partial charge in [-0.05, 0) is 48.1 Å². The van der Waals surface area contributed by atoms with Crippen molar-refractivity contribution in [2.24, 2.45) is 23.7 Å². The topological polar surface area (TPSA) is 37.3 Å². The van der Waals surface area contributed by atoms with E-state index in [2.05, 4.69) is 6.92 Å². The molecule has 0 heterocycles. The van der Waals surface area contributed by atoms with Crippen LogP contribution in [0, 0.1) is 23.7 Å². The lowest BCUT2D eigenvalue weighted by Gasteiger charge is -2.32. The van der Waals surface area contributed by atoms with Crippen molar-refractivity contribution in [1.29, 1.82) is 0 Å². The summed E-state index contributed by atoms with van der Waals surface area (Å²) in [5.41, 5.74) is 1.50. The van der Waals surface area contributed by atoms with Crippen LogP contribution in [0.3, 0.4) is 0 Å². The highest BCUT2D eigenvalue weighted by Crippen LogP contribution is 2.38. The van der Waals surface area contributed by atoms with E-state index in [1.807, 2.05) is 18.2 Å². The van der Waals surface area contributed by atoms with Gasteiger partial charge in [0.2, 0.25) is 0 Å². The van der Waals surface area contributed by atoms with E-state index in [1.165, 1.54) is 77.0 Å². The van der Waals surface area contributed by atoms with Crippen molar-refractivity contribution in [3.63, 3.8) is 0 Å². The highest BCUT2D eigenvalue weighted by molar-refractivity contribution is 5.89. The zero-order chi connectivity index (χ0) is 19.8. The molecule has 0 amide bonds. The highest BCUT2D eigenvalue weighted by atomic mass is 16.4. The molecule has 1 aromatic rings. The fourth-order valence-electron chi connectivity index (χ4n) is 5.80. The molecule has 0 atom stereocenters. The van der Waals surface area contributed by atoms with Crippen LogP contribution in [-0.4, -0.2) is 11.1 Å². The summed E-state index contributed by atoms with van der Waals surface area (Å²) in [7, 11) is 0. The van der Waals surface area contributed by atoms with Gasteiger partial charge in [0.1, 0.15) is 0 Å². The number of hydrogen-bond acceptors (Lipinski definition) is 1. The van der Waals surface area contributed by atoms with E-state index in [4.69, 9.17) is 0 Å². The molecule has 3 rings (SSSR count). The summed E-state index contributed by atoms with van der Waals surface area (Å²) in [6.45, 7) is 2.33. The van der Waals surface area contributed by atoms with Crippen LogP contribution in [0.25, 0.3) is 0 Å². The molecular formula is C26H40O2. The first kappa shape index (κ1) is 21.4. The summed E-state index contributed by atoms with van der Waals surface area (Å²) in [5.74, 6) is 3.00. The van der Waals surface area contributed by atoms with Crippen LogP contribution in [0.15, 0.2) is 24.3 Å². The summed E-state index contributed by atoms with van der Waals surface area (Å²) in [4.78, 5) is 11.4. The molecule has 28 heavy (non-hydrogen) atoms. The van der Waals surface area contributed by atoms with Crippen LogP contribution < -0.4 is 0 Å². The standard InChI is InChI=1S/C26H40O2/c1-2-5-20-8-10-21(11-9-20)12-13-22-14-16-23(17-15-22)18-19-24-6-3-4-7-25(24)26(27)28/h3-4,6-7,20-23H,2,5,8-19H2,1H3,(H,27,28)/t20-,21-,22-,23-. The summed E-state index contributed by atoms with van der Waals surface area (Å²) in [6.07, 6.45) is 19.3. The Morgan fingerprint density at radius 3 is 1.75 bits per heavy atom. The Hall–Kier alpha value is -1.31. The van der Waals surface area contributed by atoms with Crippen molar-refractivity contribution < 1.29 is 9.90 Å². The Balaban J connectivity index is 1.32. The van der Waals surface area contributed by atoms with Crippen molar-refractivity contribution in [2.45, 2.75) is 96.8 Å². The second kappa shape index (κ2) is 11.0. The molecule has 2 saturated carbocycles. The van der Waals surface area contributed by atoms with Crippen LogP contribution in [0.4, 0.5) is 0 Å². The molecule has 2 aliphatic rings. The molecule has 0 saturated heterocycles. The van der Waals surface area contributed by atoms with Crippen LogP contribution in [0.1, 0.15) is 106 Å². The minimum Gasteiger partial charge on any atom is -0.478 e. The van der Waals surface area contributed by atoms with Gasteiger partial charge in [-0.25, -0.2) is 4.79 Å². The van der Waals surface area contributed by atoms with Gasteiger partial charge in [0.25, 0.3) is 0 Å². The van der Waals surface area contributed by atoms with E-state index in [1.54, 1.807) is 6.07 Å². The molecule has 2 nitrogen and oxygen atoms in total. The van der Waals surface area contributed by atoms with Gasteiger partial charge >= 0.3 is 5.97 Å². The fourth-order valence-corrected chi connectivity index (χ4v) is 5.80. The third-order valence-corrected chi connectivity index (χ3v) is 7.68. The largest absolute Gasteiger partial charge is 0.478 e. The third kappa shape index (κ3) is 6.36. The average molecular weight is 385 g/mol. The molecule has 1 N–H and O–H groups in total. The fraction of sp³-hybridized carbons (Fsp3) is 0.731. The minimum absolute atomic E-state index is 0.491. The van der Waals surface area contributed by atoms with Crippen molar-refractivity contribution in [1.82, 2.24) is 0 Å². The number of carboxylic acids is 1. The van der Waals surface area contributed by atoms with Crippen molar-refractivity contribution in [3.05, 3.63) is 35.4 Å². The maximum Gasteiger partial charge on any atom is 0.335 e. The lowest BCUT2D eigenvalue weighted by atomic mass is 9.74. The second-order valence-corrected chi connectivity index (χ2v) is 9.64. The van der Waals surface area contributed by atoms with Crippen molar-refractivity contribution in [2.75, 3.05) is 0 Å². The van der Waals surface area contributed by atoms with Gasteiger partial charge in [-0.1, -0.05) is 102 Å². The molecule has 0 aromatic heterocycles. The first-order valence-corrected chi connectivity index (χ1v) is 12.0. The van der Waals surface area contributed by atoms with E-state index >= 15 is 0 Å². The predicted octanol–water partition coefficient (Wildman–Crippen LogP) is 7.51. The van der Waals surface area contributed by atoms with Gasteiger partial charge in [0.15, 0.2) is 0 Å². The Kier molecular flexibility index (Phi) is 8.43. The lowest BCUT2D eigenvalue weighted by molar-refractivity contribution is 0.0695. The van der Waals surface area contributed by atoms with E-state index < -0.39 is 5.97 Å². The van der Waals surface area contributed by atoms with E-state index in [0.717, 1.165) is 42.1 Å². The van der Waals surface area contributed by atoms with Crippen LogP contribution in [0.2, 0.25) is 0 Å². The monoisotopic (exact) mass is 384 g/mol. The summed E-state index contributed by atoms with van der Waals surface area (Å²) >= 11 is 0. The number of rotatable bonds is 9. The molecule has 2 fully saturated rings. The second-order valence-electron chi connectivity index (χ2n) is 9.64. The SMILES string of the molecule is CCC[C@H]1CC[C@H](CC[C@H]2CC[C@H](CCc3ccccc3C(=O)O)CC2)CC1. The van der Waals surface area contributed by atoms with Gasteiger partial charge in [0.05, 0.1) is 5.56 Å².